The molecule has 0 saturated carbocycles. The molecule has 0 radical (unpaired) electrons. The topological polar surface area (TPSA) is 52.6 Å². The van der Waals surface area contributed by atoms with Crippen LogP contribution in [0.3, 0.4) is 0 Å². The van der Waals surface area contributed by atoms with Crippen LogP contribution < -0.4 is 5.32 Å². The molecule has 2 N–H and O–H groups in total. The maximum Gasteiger partial charge on any atom is 0.318 e. The van der Waals surface area contributed by atoms with Gasteiger partial charge in [0.15, 0.2) is 0 Å². The van der Waals surface area contributed by atoms with Gasteiger partial charge in [-0.1, -0.05) is 12.1 Å². The highest BCUT2D eigenvalue weighted by Crippen LogP contribution is 2.31. The molecule has 1 aromatic rings. The summed E-state index contributed by atoms with van der Waals surface area (Å²) >= 11 is 0. The molecule has 15 heavy (non-hydrogen) atoms. The maximum atomic E-state index is 11.4. The molecule has 1 unspecified atom stereocenters. The third-order valence-electron chi connectivity index (χ3n) is 3.10. The Morgan fingerprint density at radius 1 is 1.53 bits per heavy atom. The van der Waals surface area contributed by atoms with Crippen LogP contribution in [-0.4, -0.2) is 29.6 Å². The van der Waals surface area contributed by atoms with Crippen molar-refractivity contribution in [2.45, 2.75) is 12.5 Å². The van der Waals surface area contributed by atoms with E-state index in [0.717, 1.165) is 5.56 Å². The van der Waals surface area contributed by atoms with Crippen molar-refractivity contribution in [3.05, 3.63) is 29.8 Å². The van der Waals surface area contributed by atoms with E-state index < -0.39 is 0 Å². The van der Waals surface area contributed by atoms with Gasteiger partial charge in [0.05, 0.1) is 5.54 Å². The number of nitrogens with zero attached hydrogens (tertiary/aromatic N) is 1. The smallest absolute Gasteiger partial charge is 0.318 e. The van der Waals surface area contributed by atoms with Crippen molar-refractivity contribution in [1.29, 1.82) is 0 Å². The van der Waals surface area contributed by atoms with Gasteiger partial charge in [0, 0.05) is 13.6 Å². The second-order valence-electron chi connectivity index (χ2n) is 4.04. The normalized spacial score (nSPS) is 25.5. The lowest BCUT2D eigenvalue weighted by atomic mass is 9.92. The number of nitrogens with one attached hydrogen (secondary N) is 1. The SMILES string of the molecule is CN1C(=O)NCC1(C)c1cccc(O)c1. The number of likely N-dealkylation sites (N-methyl/N-ethyl adjacent to an activating group) is 1. The summed E-state index contributed by atoms with van der Waals surface area (Å²) in [6, 6.07) is 6.93. The number of benzene rings is 1. The Kier molecular flexibility index (Phi) is 2.07. The van der Waals surface area contributed by atoms with E-state index in [2.05, 4.69) is 5.32 Å². The van der Waals surface area contributed by atoms with Crippen LogP contribution in [0.5, 0.6) is 5.75 Å². The fourth-order valence-electron chi connectivity index (χ4n) is 1.85. The molecule has 1 atom stereocenters. The molecule has 0 bridgehead atoms. The summed E-state index contributed by atoms with van der Waals surface area (Å²) in [7, 11) is 1.76. The molecule has 1 aromatic carbocycles. The minimum Gasteiger partial charge on any atom is -0.508 e. The Labute approximate surface area is 88.5 Å². The number of hydrogen-bond acceptors (Lipinski definition) is 2. The minimum atomic E-state index is -0.379. The van der Waals surface area contributed by atoms with Crippen LogP contribution in [0.15, 0.2) is 24.3 Å². The number of hydrogen-bond donors (Lipinski definition) is 2. The van der Waals surface area contributed by atoms with Crippen molar-refractivity contribution in [2.75, 3.05) is 13.6 Å². The zero-order valence-corrected chi connectivity index (χ0v) is 8.82. The summed E-state index contributed by atoms with van der Waals surface area (Å²) in [6.07, 6.45) is 0. The van der Waals surface area contributed by atoms with E-state index in [-0.39, 0.29) is 17.3 Å². The zero-order valence-electron chi connectivity index (χ0n) is 8.82. The van der Waals surface area contributed by atoms with E-state index in [1.165, 1.54) is 0 Å². The first-order valence-electron chi connectivity index (χ1n) is 4.85. The van der Waals surface area contributed by atoms with Crippen molar-refractivity contribution >= 4 is 6.03 Å². The quantitative estimate of drug-likeness (QED) is 0.726. The lowest BCUT2D eigenvalue weighted by Crippen LogP contribution is -2.39. The number of rotatable bonds is 1. The Bertz CT molecular complexity index is 405. The summed E-state index contributed by atoms with van der Waals surface area (Å²) in [5, 5.41) is 12.2. The monoisotopic (exact) mass is 206 g/mol. The van der Waals surface area contributed by atoms with Crippen LogP contribution in [0.1, 0.15) is 12.5 Å². The Balaban J connectivity index is 2.42. The number of carbonyl (C=O) groups excluding carboxylic acids is 1. The molecule has 2 amide bonds. The van der Waals surface area contributed by atoms with E-state index in [9.17, 15) is 9.90 Å². The van der Waals surface area contributed by atoms with Gasteiger partial charge in [0.1, 0.15) is 5.75 Å². The van der Waals surface area contributed by atoms with Gasteiger partial charge in [-0.25, -0.2) is 4.79 Å². The lowest BCUT2D eigenvalue weighted by Gasteiger charge is -2.31. The predicted octanol–water partition coefficient (Wildman–Crippen LogP) is 1.26. The molecule has 0 spiro atoms. The van der Waals surface area contributed by atoms with E-state index >= 15 is 0 Å². The van der Waals surface area contributed by atoms with Crippen molar-refractivity contribution in [1.82, 2.24) is 10.2 Å². The van der Waals surface area contributed by atoms with Gasteiger partial charge >= 0.3 is 6.03 Å². The van der Waals surface area contributed by atoms with Gasteiger partial charge in [-0.3, -0.25) is 0 Å². The van der Waals surface area contributed by atoms with Crippen LogP contribution in [-0.2, 0) is 5.54 Å². The third kappa shape index (κ3) is 1.42. The first-order valence-corrected chi connectivity index (χ1v) is 4.85. The Morgan fingerprint density at radius 2 is 2.27 bits per heavy atom. The van der Waals surface area contributed by atoms with Gasteiger partial charge in [0.2, 0.25) is 0 Å². The summed E-state index contributed by atoms with van der Waals surface area (Å²) in [5.41, 5.74) is 0.555. The molecular formula is C11H14N2O2. The van der Waals surface area contributed by atoms with Crippen molar-refractivity contribution in [3.63, 3.8) is 0 Å². The second kappa shape index (κ2) is 3.15. The molecule has 4 heteroatoms. The molecule has 0 aliphatic carbocycles. The average molecular weight is 206 g/mol. The largest absolute Gasteiger partial charge is 0.508 e. The molecule has 2 rings (SSSR count). The average Bonchev–Trinajstić information content (AvgIpc) is 2.48. The first-order chi connectivity index (χ1) is 7.04. The number of phenolic OH excluding ortho intramolecular Hbond substituents is 1. The molecule has 80 valence electrons. The summed E-state index contributed by atoms with van der Waals surface area (Å²) in [5.74, 6) is 0.224. The summed E-state index contributed by atoms with van der Waals surface area (Å²) in [6.45, 7) is 2.53. The molecule has 1 aliphatic rings. The third-order valence-corrected chi connectivity index (χ3v) is 3.10. The van der Waals surface area contributed by atoms with E-state index in [4.69, 9.17) is 0 Å². The number of urea groups is 1. The number of amides is 2. The van der Waals surface area contributed by atoms with E-state index in [1.807, 2.05) is 13.0 Å². The molecule has 1 saturated heterocycles. The second-order valence-corrected chi connectivity index (χ2v) is 4.04. The molecule has 1 fully saturated rings. The maximum absolute atomic E-state index is 11.4. The highest BCUT2D eigenvalue weighted by Gasteiger charge is 2.40. The van der Waals surface area contributed by atoms with Gasteiger partial charge in [0.25, 0.3) is 0 Å². The molecule has 0 aromatic heterocycles. The fourth-order valence-corrected chi connectivity index (χ4v) is 1.85. The highest BCUT2D eigenvalue weighted by atomic mass is 16.3. The van der Waals surface area contributed by atoms with Crippen molar-refractivity contribution < 1.29 is 9.90 Å². The lowest BCUT2D eigenvalue weighted by molar-refractivity contribution is 0.189. The number of phenols is 1. The summed E-state index contributed by atoms with van der Waals surface area (Å²) in [4.78, 5) is 13.1. The minimum absolute atomic E-state index is 0.0826. The first kappa shape index (κ1) is 9.83. The van der Waals surface area contributed by atoms with Crippen LogP contribution in [0.25, 0.3) is 0 Å². The number of carbonyl (C=O) groups is 1. The van der Waals surface area contributed by atoms with Crippen molar-refractivity contribution in [3.8, 4) is 5.75 Å². The van der Waals surface area contributed by atoms with Crippen LogP contribution in [0, 0.1) is 0 Å². The van der Waals surface area contributed by atoms with Gasteiger partial charge in [-0.15, -0.1) is 0 Å². The number of aromatic hydroxyl groups is 1. The Hall–Kier alpha value is -1.71. The van der Waals surface area contributed by atoms with Gasteiger partial charge in [-0.05, 0) is 24.6 Å². The van der Waals surface area contributed by atoms with Gasteiger partial charge in [-0.2, -0.15) is 0 Å². The highest BCUT2D eigenvalue weighted by molar-refractivity contribution is 5.78. The van der Waals surface area contributed by atoms with Crippen LogP contribution in [0.4, 0.5) is 4.79 Å². The molecular weight excluding hydrogens is 192 g/mol. The molecule has 4 nitrogen and oxygen atoms in total. The molecule has 1 aliphatic heterocycles. The zero-order chi connectivity index (χ0) is 11.1. The Morgan fingerprint density at radius 3 is 2.80 bits per heavy atom. The summed E-state index contributed by atoms with van der Waals surface area (Å²) < 4.78 is 0. The van der Waals surface area contributed by atoms with E-state index in [1.54, 1.807) is 30.1 Å². The van der Waals surface area contributed by atoms with Gasteiger partial charge < -0.3 is 15.3 Å². The standard InChI is InChI=1S/C11H14N2O2/c1-11(7-12-10(15)13(11)2)8-4-3-5-9(14)6-8/h3-6,14H,7H2,1-2H3,(H,12,15). The molecule has 1 heterocycles. The van der Waals surface area contributed by atoms with Crippen molar-refractivity contribution in [2.24, 2.45) is 0 Å². The predicted molar refractivity (Wildman–Crippen MR) is 56.6 cm³/mol. The van der Waals surface area contributed by atoms with Crippen LogP contribution in [0.2, 0.25) is 0 Å². The van der Waals surface area contributed by atoms with Crippen LogP contribution >= 0.6 is 0 Å². The van der Waals surface area contributed by atoms with E-state index in [0.29, 0.717) is 6.54 Å². The fraction of sp³-hybridized carbons (Fsp3) is 0.364.